The Morgan fingerprint density at radius 3 is 2.59 bits per heavy atom. The number of nitrogens with zero attached hydrogens (tertiary/aromatic N) is 1. The van der Waals surface area contributed by atoms with Gasteiger partial charge in [-0.15, -0.1) is 0 Å². The van der Waals surface area contributed by atoms with Gasteiger partial charge in [-0.05, 0) is 46.9 Å². The van der Waals surface area contributed by atoms with Crippen molar-refractivity contribution in [3.8, 4) is 5.75 Å². The monoisotopic (exact) mass is 347 g/mol. The minimum absolute atomic E-state index is 0.0202. The molecule has 1 aromatic rings. The molecule has 1 saturated heterocycles. The lowest BCUT2D eigenvalue weighted by molar-refractivity contribution is -0.137. The zero-order chi connectivity index (χ0) is 12.1. The van der Waals surface area contributed by atoms with Crippen molar-refractivity contribution in [3.05, 3.63) is 27.8 Å². The number of morpholine rings is 1. The highest BCUT2D eigenvalue weighted by Crippen LogP contribution is 2.13. The van der Waals surface area contributed by atoms with Crippen LogP contribution in [0.5, 0.6) is 5.75 Å². The summed E-state index contributed by atoms with van der Waals surface area (Å²) < 4.78 is 11.8. The van der Waals surface area contributed by atoms with E-state index < -0.39 is 0 Å². The molecule has 2 rings (SSSR count). The van der Waals surface area contributed by atoms with Crippen LogP contribution >= 0.6 is 22.6 Å². The first-order chi connectivity index (χ1) is 8.25. The first-order valence-electron chi connectivity index (χ1n) is 5.49. The Morgan fingerprint density at radius 2 is 1.94 bits per heavy atom. The highest BCUT2D eigenvalue weighted by molar-refractivity contribution is 14.1. The molecule has 1 aromatic carbocycles. The van der Waals surface area contributed by atoms with Crippen molar-refractivity contribution in [1.29, 1.82) is 0 Å². The molecule has 0 bridgehead atoms. The third-order valence-electron chi connectivity index (χ3n) is 2.54. The van der Waals surface area contributed by atoms with Crippen LogP contribution in [-0.4, -0.2) is 43.7 Å². The number of ether oxygens (including phenoxy) is 2. The number of rotatable bonds is 3. The van der Waals surface area contributed by atoms with Crippen LogP contribution in [0.25, 0.3) is 0 Å². The lowest BCUT2D eigenvalue weighted by Crippen LogP contribution is -2.42. The van der Waals surface area contributed by atoms with E-state index in [0.717, 1.165) is 9.32 Å². The number of halogens is 1. The zero-order valence-electron chi connectivity index (χ0n) is 9.39. The molecule has 0 unspecified atom stereocenters. The maximum atomic E-state index is 11.8. The molecule has 1 amide bonds. The Morgan fingerprint density at radius 1 is 1.29 bits per heavy atom. The van der Waals surface area contributed by atoms with Crippen molar-refractivity contribution in [3.63, 3.8) is 0 Å². The summed E-state index contributed by atoms with van der Waals surface area (Å²) in [6.45, 7) is 2.66. The Kier molecular flexibility index (Phi) is 4.61. The van der Waals surface area contributed by atoms with E-state index in [4.69, 9.17) is 9.47 Å². The number of benzene rings is 1. The van der Waals surface area contributed by atoms with Gasteiger partial charge in [-0.3, -0.25) is 4.79 Å². The predicted octanol–water partition coefficient (Wildman–Crippen LogP) is 1.53. The Balaban J connectivity index is 1.81. The second-order valence-electron chi connectivity index (χ2n) is 3.74. The molecule has 1 aliphatic heterocycles. The zero-order valence-corrected chi connectivity index (χ0v) is 11.6. The molecule has 0 atom stereocenters. The van der Waals surface area contributed by atoms with E-state index in [1.807, 2.05) is 24.3 Å². The summed E-state index contributed by atoms with van der Waals surface area (Å²) >= 11 is 2.23. The fourth-order valence-corrected chi connectivity index (χ4v) is 1.94. The third-order valence-corrected chi connectivity index (χ3v) is 3.26. The van der Waals surface area contributed by atoms with Crippen LogP contribution in [0, 0.1) is 3.57 Å². The summed E-state index contributed by atoms with van der Waals surface area (Å²) in [5.74, 6) is 0.749. The van der Waals surface area contributed by atoms with E-state index in [9.17, 15) is 4.79 Å². The van der Waals surface area contributed by atoms with E-state index >= 15 is 0 Å². The molecule has 17 heavy (non-hydrogen) atoms. The van der Waals surface area contributed by atoms with Gasteiger partial charge in [0.15, 0.2) is 6.61 Å². The van der Waals surface area contributed by atoms with Gasteiger partial charge in [-0.1, -0.05) is 0 Å². The molecule has 0 aliphatic carbocycles. The number of amides is 1. The molecule has 1 fully saturated rings. The molecule has 1 heterocycles. The Bertz CT molecular complexity index is 374. The average Bonchev–Trinajstić information content (AvgIpc) is 2.39. The summed E-state index contributed by atoms with van der Waals surface area (Å²) in [5.41, 5.74) is 0. The second kappa shape index (κ2) is 6.20. The quantitative estimate of drug-likeness (QED) is 0.779. The minimum Gasteiger partial charge on any atom is -0.484 e. The van der Waals surface area contributed by atoms with Crippen LogP contribution in [0.1, 0.15) is 0 Å². The van der Waals surface area contributed by atoms with Crippen molar-refractivity contribution in [1.82, 2.24) is 4.90 Å². The normalized spacial score (nSPS) is 15.7. The van der Waals surface area contributed by atoms with Crippen molar-refractivity contribution in [2.45, 2.75) is 0 Å². The highest BCUT2D eigenvalue weighted by Gasteiger charge is 2.16. The molecule has 0 aromatic heterocycles. The summed E-state index contributed by atoms with van der Waals surface area (Å²) in [5, 5.41) is 0. The van der Waals surface area contributed by atoms with Gasteiger partial charge in [0, 0.05) is 16.7 Å². The van der Waals surface area contributed by atoms with Crippen LogP contribution in [-0.2, 0) is 9.53 Å². The molecule has 0 radical (unpaired) electrons. The van der Waals surface area contributed by atoms with Gasteiger partial charge >= 0.3 is 0 Å². The fourth-order valence-electron chi connectivity index (χ4n) is 1.58. The standard InChI is InChI=1S/C12H14INO3/c13-10-1-3-11(4-2-10)17-9-12(15)14-5-7-16-8-6-14/h1-4H,5-9H2. The lowest BCUT2D eigenvalue weighted by Gasteiger charge is -2.26. The van der Waals surface area contributed by atoms with Gasteiger partial charge < -0.3 is 14.4 Å². The summed E-state index contributed by atoms with van der Waals surface area (Å²) in [6.07, 6.45) is 0. The van der Waals surface area contributed by atoms with Gasteiger partial charge in [-0.2, -0.15) is 0 Å². The number of hydrogen-bond donors (Lipinski definition) is 0. The molecular weight excluding hydrogens is 333 g/mol. The fraction of sp³-hybridized carbons (Fsp3) is 0.417. The van der Waals surface area contributed by atoms with Crippen molar-refractivity contribution >= 4 is 28.5 Å². The largest absolute Gasteiger partial charge is 0.484 e. The first-order valence-corrected chi connectivity index (χ1v) is 6.57. The molecule has 1 aliphatic rings. The SMILES string of the molecule is O=C(COc1ccc(I)cc1)N1CCOCC1. The van der Waals surface area contributed by atoms with E-state index in [2.05, 4.69) is 22.6 Å². The summed E-state index contributed by atoms with van der Waals surface area (Å²) in [6, 6.07) is 7.65. The van der Waals surface area contributed by atoms with Gasteiger partial charge in [0.2, 0.25) is 0 Å². The number of carbonyl (C=O) groups excluding carboxylic acids is 1. The minimum atomic E-state index is 0.0202. The van der Waals surface area contributed by atoms with Gasteiger partial charge in [0.1, 0.15) is 5.75 Å². The number of hydrogen-bond acceptors (Lipinski definition) is 3. The van der Waals surface area contributed by atoms with Crippen LogP contribution < -0.4 is 4.74 Å². The topological polar surface area (TPSA) is 38.8 Å². The van der Waals surface area contributed by atoms with Gasteiger partial charge in [-0.25, -0.2) is 0 Å². The van der Waals surface area contributed by atoms with Crippen molar-refractivity contribution < 1.29 is 14.3 Å². The van der Waals surface area contributed by atoms with Crippen molar-refractivity contribution in [2.24, 2.45) is 0 Å². The predicted molar refractivity (Wildman–Crippen MR) is 72.1 cm³/mol. The number of carbonyl (C=O) groups is 1. The maximum absolute atomic E-state index is 11.8. The van der Waals surface area contributed by atoms with E-state index in [1.165, 1.54) is 0 Å². The van der Waals surface area contributed by atoms with Gasteiger partial charge in [0.25, 0.3) is 5.91 Å². The van der Waals surface area contributed by atoms with Crippen molar-refractivity contribution in [2.75, 3.05) is 32.9 Å². The first kappa shape index (κ1) is 12.6. The molecule has 5 heteroatoms. The van der Waals surface area contributed by atoms with E-state index in [0.29, 0.717) is 26.3 Å². The molecular formula is C12H14INO3. The van der Waals surface area contributed by atoms with Crippen LogP contribution in [0.3, 0.4) is 0 Å². The van der Waals surface area contributed by atoms with E-state index in [1.54, 1.807) is 4.90 Å². The van der Waals surface area contributed by atoms with Crippen LogP contribution in [0.4, 0.5) is 0 Å². The van der Waals surface area contributed by atoms with Crippen LogP contribution in [0.2, 0.25) is 0 Å². The summed E-state index contributed by atoms with van der Waals surface area (Å²) in [4.78, 5) is 13.6. The molecule has 0 spiro atoms. The second-order valence-corrected chi connectivity index (χ2v) is 4.98. The van der Waals surface area contributed by atoms with Crippen LogP contribution in [0.15, 0.2) is 24.3 Å². The van der Waals surface area contributed by atoms with Gasteiger partial charge in [0.05, 0.1) is 13.2 Å². The molecule has 92 valence electrons. The molecule has 0 N–H and O–H groups in total. The molecule has 0 saturated carbocycles. The highest BCUT2D eigenvalue weighted by atomic mass is 127. The maximum Gasteiger partial charge on any atom is 0.260 e. The third kappa shape index (κ3) is 3.85. The van der Waals surface area contributed by atoms with E-state index in [-0.39, 0.29) is 12.5 Å². The molecule has 4 nitrogen and oxygen atoms in total. The lowest BCUT2D eigenvalue weighted by atomic mass is 10.3. The Hall–Kier alpha value is -0.820. The Labute approximate surface area is 114 Å². The average molecular weight is 347 g/mol. The summed E-state index contributed by atoms with van der Waals surface area (Å²) in [7, 11) is 0. The smallest absolute Gasteiger partial charge is 0.260 e.